The van der Waals surface area contributed by atoms with E-state index in [1.54, 1.807) is 35.5 Å². The van der Waals surface area contributed by atoms with Crippen molar-refractivity contribution in [1.82, 2.24) is 20.1 Å². The van der Waals surface area contributed by atoms with Gasteiger partial charge in [0, 0.05) is 35.1 Å². The summed E-state index contributed by atoms with van der Waals surface area (Å²) in [4.78, 5) is 19.5. The van der Waals surface area contributed by atoms with E-state index in [1.807, 2.05) is 43.3 Å². The number of nitrogens with zero attached hydrogens (tertiary/aromatic N) is 3. The third kappa shape index (κ3) is 4.15. The lowest BCUT2D eigenvalue weighted by Gasteiger charge is -2.26. The molecule has 0 spiro atoms. The van der Waals surface area contributed by atoms with E-state index in [9.17, 15) is 9.90 Å². The minimum Gasteiger partial charge on any atom is -0.507 e. The average Bonchev–Trinajstić information content (AvgIpc) is 3.40. The van der Waals surface area contributed by atoms with E-state index in [4.69, 9.17) is 16.3 Å². The zero-order valence-electron chi connectivity index (χ0n) is 19.0. The molecule has 2 N–H and O–H groups in total. The molecule has 1 aliphatic heterocycles. The Morgan fingerprint density at radius 2 is 2.06 bits per heavy atom. The molecule has 0 bridgehead atoms. The zero-order chi connectivity index (χ0) is 24.5. The van der Waals surface area contributed by atoms with Crippen molar-refractivity contribution >= 4 is 17.5 Å². The van der Waals surface area contributed by atoms with Gasteiger partial charge in [-0.15, -0.1) is 0 Å². The average molecular weight is 487 g/mol. The maximum absolute atomic E-state index is 13.6. The number of halogens is 1. The number of phenolic OH excluding ortho intramolecular Hbond substituents is 1. The van der Waals surface area contributed by atoms with E-state index >= 15 is 0 Å². The second kappa shape index (κ2) is 9.27. The SMILES string of the molecule is C=CCOc1ccc(C2c3c(-c4cc(Cl)c(C)cc4O)n[nH]c3C(=O)N2Cc2cccnc2)cc1. The van der Waals surface area contributed by atoms with Gasteiger partial charge in [-0.2, -0.15) is 5.10 Å². The molecule has 0 aliphatic carbocycles. The number of benzene rings is 2. The van der Waals surface area contributed by atoms with Crippen LogP contribution in [0.15, 0.2) is 73.6 Å². The van der Waals surface area contributed by atoms with Crippen molar-refractivity contribution in [3.8, 4) is 22.8 Å². The predicted molar refractivity (Wildman–Crippen MR) is 134 cm³/mol. The standard InChI is InChI=1S/C27H23ClN4O3/c1-3-11-35-19-8-6-18(7-9-19)26-23-24(20-13-21(28)16(2)12-22(20)33)30-31-25(23)27(34)32(26)15-17-5-4-10-29-14-17/h3-10,12-14,26,33H,1,11,15H2,2H3,(H,30,31). The van der Waals surface area contributed by atoms with Gasteiger partial charge >= 0.3 is 0 Å². The van der Waals surface area contributed by atoms with Crippen molar-refractivity contribution < 1.29 is 14.6 Å². The van der Waals surface area contributed by atoms with Crippen LogP contribution in [0.2, 0.25) is 5.02 Å². The number of aromatic nitrogens is 3. The van der Waals surface area contributed by atoms with Crippen molar-refractivity contribution in [3.05, 3.63) is 107 Å². The maximum Gasteiger partial charge on any atom is 0.273 e. The van der Waals surface area contributed by atoms with Crippen molar-refractivity contribution in [2.45, 2.75) is 19.5 Å². The number of aromatic amines is 1. The van der Waals surface area contributed by atoms with Gasteiger partial charge in [0.2, 0.25) is 0 Å². The van der Waals surface area contributed by atoms with Gasteiger partial charge in [-0.05, 0) is 53.9 Å². The van der Waals surface area contributed by atoms with Crippen LogP contribution in [-0.2, 0) is 6.54 Å². The van der Waals surface area contributed by atoms with Crippen LogP contribution in [0.3, 0.4) is 0 Å². The monoisotopic (exact) mass is 486 g/mol. The largest absolute Gasteiger partial charge is 0.507 e. The second-order valence-electron chi connectivity index (χ2n) is 8.35. The molecule has 1 aliphatic rings. The molecule has 2 aromatic heterocycles. The molecule has 0 saturated carbocycles. The highest BCUT2D eigenvalue weighted by Gasteiger charge is 2.42. The van der Waals surface area contributed by atoms with Gasteiger partial charge in [-0.1, -0.05) is 42.5 Å². The van der Waals surface area contributed by atoms with E-state index in [-0.39, 0.29) is 11.7 Å². The number of aryl methyl sites for hydroxylation is 1. The Kier molecular flexibility index (Phi) is 6.01. The van der Waals surface area contributed by atoms with E-state index < -0.39 is 6.04 Å². The number of hydrogen-bond donors (Lipinski definition) is 2. The summed E-state index contributed by atoms with van der Waals surface area (Å²) in [5.74, 6) is 0.566. The lowest BCUT2D eigenvalue weighted by Crippen LogP contribution is -2.29. The van der Waals surface area contributed by atoms with Crippen molar-refractivity contribution in [1.29, 1.82) is 0 Å². The Morgan fingerprint density at radius 1 is 1.26 bits per heavy atom. The molecule has 1 atom stereocenters. The number of phenols is 1. The van der Waals surface area contributed by atoms with Crippen molar-refractivity contribution in [3.63, 3.8) is 0 Å². The van der Waals surface area contributed by atoms with Gasteiger partial charge < -0.3 is 14.7 Å². The number of pyridine rings is 1. The summed E-state index contributed by atoms with van der Waals surface area (Å²) in [6.45, 7) is 6.25. The van der Waals surface area contributed by atoms with Gasteiger partial charge in [-0.25, -0.2) is 0 Å². The van der Waals surface area contributed by atoms with Crippen molar-refractivity contribution in [2.24, 2.45) is 0 Å². The molecular formula is C27H23ClN4O3. The number of ether oxygens (including phenoxy) is 1. The predicted octanol–water partition coefficient (Wildman–Crippen LogP) is 5.45. The molecule has 0 fully saturated rings. The highest BCUT2D eigenvalue weighted by molar-refractivity contribution is 6.31. The molecule has 8 heteroatoms. The van der Waals surface area contributed by atoms with Crippen molar-refractivity contribution in [2.75, 3.05) is 6.61 Å². The quantitative estimate of drug-likeness (QED) is 0.339. The van der Waals surface area contributed by atoms with Crippen LogP contribution in [0.4, 0.5) is 0 Å². The molecular weight excluding hydrogens is 464 g/mol. The maximum atomic E-state index is 13.6. The first kappa shape index (κ1) is 22.7. The van der Waals surface area contributed by atoms with Crippen LogP contribution in [0.1, 0.15) is 38.8 Å². The lowest BCUT2D eigenvalue weighted by atomic mass is 9.95. The number of H-pyrrole nitrogens is 1. The molecule has 3 heterocycles. The van der Waals surface area contributed by atoms with Crippen LogP contribution in [0.25, 0.3) is 11.3 Å². The molecule has 4 aromatic rings. The summed E-state index contributed by atoms with van der Waals surface area (Å²) in [6.07, 6.45) is 5.12. The number of carbonyl (C=O) groups is 1. The normalized spacial score (nSPS) is 14.7. The van der Waals surface area contributed by atoms with Gasteiger partial charge in [-0.3, -0.25) is 14.9 Å². The van der Waals surface area contributed by atoms with Gasteiger partial charge in [0.25, 0.3) is 5.91 Å². The van der Waals surface area contributed by atoms with Crippen LogP contribution in [0.5, 0.6) is 11.5 Å². The van der Waals surface area contributed by atoms with Crippen LogP contribution >= 0.6 is 11.6 Å². The summed E-state index contributed by atoms with van der Waals surface area (Å²) in [7, 11) is 0. The highest BCUT2D eigenvalue weighted by Crippen LogP contribution is 2.46. The Labute approximate surface area is 207 Å². The topological polar surface area (TPSA) is 91.3 Å². The molecule has 1 unspecified atom stereocenters. The summed E-state index contributed by atoms with van der Waals surface area (Å²) in [5, 5.41) is 18.6. The lowest BCUT2D eigenvalue weighted by molar-refractivity contribution is 0.0730. The molecule has 0 radical (unpaired) electrons. The summed E-state index contributed by atoms with van der Waals surface area (Å²) in [5.41, 5.74) is 4.56. The van der Waals surface area contributed by atoms with Crippen LogP contribution < -0.4 is 4.74 Å². The van der Waals surface area contributed by atoms with Crippen LogP contribution in [0, 0.1) is 6.92 Å². The Morgan fingerprint density at radius 3 is 2.77 bits per heavy atom. The molecule has 0 saturated heterocycles. The third-order valence-electron chi connectivity index (χ3n) is 6.04. The first-order valence-electron chi connectivity index (χ1n) is 11.1. The zero-order valence-corrected chi connectivity index (χ0v) is 19.8. The summed E-state index contributed by atoms with van der Waals surface area (Å²) >= 11 is 6.38. The molecule has 35 heavy (non-hydrogen) atoms. The minimum atomic E-state index is -0.445. The van der Waals surface area contributed by atoms with E-state index in [1.165, 1.54) is 0 Å². The summed E-state index contributed by atoms with van der Waals surface area (Å²) < 4.78 is 5.63. The molecule has 2 aromatic carbocycles. The fourth-order valence-electron chi connectivity index (χ4n) is 4.36. The van der Waals surface area contributed by atoms with Gasteiger partial charge in [0.1, 0.15) is 29.5 Å². The number of fused-ring (bicyclic) bond motifs is 1. The fourth-order valence-corrected chi connectivity index (χ4v) is 4.52. The highest BCUT2D eigenvalue weighted by atomic mass is 35.5. The van der Waals surface area contributed by atoms with Gasteiger partial charge in [0.05, 0.1) is 6.04 Å². The third-order valence-corrected chi connectivity index (χ3v) is 6.44. The number of hydrogen-bond acceptors (Lipinski definition) is 5. The second-order valence-corrected chi connectivity index (χ2v) is 8.75. The Bertz CT molecular complexity index is 1400. The number of nitrogens with one attached hydrogen (secondary N) is 1. The van der Waals surface area contributed by atoms with E-state index in [0.29, 0.717) is 46.4 Å². The van der Waals surface area contributed by atoms with E-state index in [2.05, 4.69) is 21.8 Å². The Hall–Kier alpha value is -4.10. The number of rotatable bonds is 7. The smallest absolute Gasteiger partial charge is 0.273 e. The van der Waals surface area contributed by atoms with E-state index in [0.717, 1.165) is 16.7 Å². The first-order valence-corrected chi connectivity index (χ1v) is 11.5. The first-order chi connectivity index (χ1) is 17.0. The molecule has 1 amide bonds. The van der Waals surface area contributed by atoms with Crippen LogP contribution in [-0.4, -0.2) is 37.7 Å². The number of aromatic hydroxyl groups is 1. The number of carbonyl (C=O) groups excluding carboxylic acids is 1. The molecule has 7 nitrogen and oxygen atoms in total. The number of amides is 1. The molecule has 176 valence electrons. The Balaban J connectivity index is 1.63. The molecule has 5 rings (SSSR count). The minimum absolute atomic E-state index is 0.0475. The summed E-state index contributed by atoms with van der Waals surface area (Å²) in [6, 6.07) is 14.2. The van der Waals surface area contributed by atoms with Gasteiger partial charge in [0.15, 0.2) is 0 Å². The fraction of sp³-hybridized carbons (Fsp3) is 0.148.